The third-order valence-corrected chi connectivity index (χ3v) is 2.98. The van der Waals surface area contributed by atoms with Gasteiger partial charge in [-0.05, 0) is 30.2 Å². The highest BCUT2D eigenvalue weighted by molar-refractivity contribution is 6.04. The molecule has 0 unspecified atom stereocenters. The Balaban J connectivity index is 2.25. The molecule has 0 spiro atoms. The highest BCUT2D eigenvalue weighted by atomic mass is 16.5. The van der Waals surface area contributed by atoms with Gasteiger partial charge >= 0.3 is 0 Å². The van der Waals surface area contributed by atoms with Crippen LogP contribution in [0.4, 0.5) is 5.82 Å². The minimum absolute atomic E-state index is 0.190. The second-order valence-corrected chi connectivity index (χ2v) is 4.42. The maximum absolute atomic E-state index is 12.1. The number of rotatable bonds is 5. The number of carbonyl (C=O) groups is 1. The summed E-state index contributed by atoms with van der Waals surface area (Å²) in [5, 5.41) is 2.80. The van der Waals surface area contributed by atoms with E-state index in [1.165, 1.54) is 0 Å². The molecule has 0 atom stereocenters. The Kier molecular flexibility index (Phi) is 4.71. The van der Waals surface area contributed by atoms with Gasteiger partial charge < -0.3 is 10.1 Å². The first-order valence-corrected chi connectivity index (χ1v) is 6.64. The highest BCUT2D eigenvalue weighted by Gasteiger charge is 2.13. The van der Waals surface area contributed by atoms with E-state index in [1.807, 2.05) is 24.3 Å². The summed E-state index contributed by atoms with van der Waals surface area (Å²) in [4.78, 5) is 16.3. The molecule has 0 aliphatic rings. The van der Waals surface area contributed by atoms with Crippen molar-refractivity contribution in [2.45, 2.75) is 19.8 Å². The third kappa shape index (κ3) is 3.15. The van der Waals surface area contributed by atoms with Crippen molar-refractivity contribution in [2.75, 3.05) is 12.4 Å². The van der Waals surface area contributed by atoms with Crippen LogP contribution in [0.5, 0.6) is 5.75 Å². The Morgan fingerprint density at radius 1 is 1.25 bits per heavy atom. The van der Waals surface area contributed by atoms with Gasteiger partial charge in [0.05, 0.1) is 7.11 Å². The number of nitrogens with one attached hydrogen (secondary N) is 1. The summed E-state index contributed by atoms with van der Waals surface area (Å²) in [6.07, 6.45) is 3.58. The van der Waals surface area contributed by atoms with Gasteiger partial charge in [0, 0.05) is 11.8 Å². The smallest absolute Gasteiger partial charge is 0.256 e. The number of ether oxygens (including phenoxy) is 1. The van der Waals surface area contributed by atoms with Crippen molar-refractivity contribution >= 4 is 11.7 Å². The van der Waals surface area contributed by atoms with Gasteiger partial charge in [-0.25, -0.2) is 4.98 Å². The van der Waals surface area contributed by atoms with Gasteiger partial charge in [0.25, 0.3) is 5.91 Å². The molecule has 4 nitrogen and oxygen atoms in total. The molecule has 0 bridgehead atoms. The molecule has 0 saturated heterocycles. The lowest BCUT2D eigenvalue weighted by molar-refractivity contribution is 0.102. The summed E-state index contributed by atoms with van der Waals surface area (Å²) in [5.41, 5.74) is 1.64. The predicted molar refractivity (Wildman–Crippen MR) is 79.2 cm³/mol. The van der Waals surface area contributed by atoms with E-state index >= 15 is 0 Å². The molecule has 1 aromatic carbocycles. The number of amides is 1. The van der Waals surface area contributed by atoms with Crippen LogP contribution in [0, 0.1) is 0 Å². The monoisotopic (exact) mass is 270 g/mol. The van der Waals surface area contributed by atoms with Crippen molar-refractivity contribution in [1.29, 1.82) is 0 Å². The van der Waals surface area contributed by atoms with E-state index in [9.17, 15) is 4.79 Å². The normalized spacial score (nSPS) is 10.1. The molecular weight excluding hydrogens is 252 g/mol. The number of methoxy groups -OCH3 is 1. The summed E-state index contributed by atoms with van der Waals surface area (Å²) in [6.45, 7) is 2.10. The quantitative estimate of drug-likeness (QED) is 0.907. The molecule has 0 radical (unpaired) electrons. The number of pyridine rings is 1. The lowest BCUT2D eigenvalue weighted by Crippen LogP contribution is -2.14. The molecule has 1 heterocycles. The summed E-state index contributed by atoms with van der Waals surface area (Å²) < 4.78 is 5.39. The fraction of sp³-hybridized carbons (Fsp3) is 0.250. The number of aromatic nitrogens is 1. The number of benzene rings is 1. The Bertz CT molecular complexity index is 582. The van der Waals surface area contributed by atoms with E-state index < -0.39 is 0 Å². The number of carbonyl (C=O) groups excluding carboxylic acids is 1. The standard InChI is InChI=1S/C16H18N2O2/c1-3-7-12-10-11-17-15(14(12)20-2)18-16(19)13-8-5-4-6-9-13/h4-6,8-11H,3,7H2,1-2H3,(H,17,18,19). The van der Waals surface area contributed by atoms with Crippen LogP contribution in [0.25, 0.3) is 0 Å². The van der Waals surface area contributed by atoms with Crippen LogP contribution in [-0.4, -0.2) is 18.0 Å². The molecule has 1 aromatic heterocycles. The van der Waals surface area contributed by atoms with Gasteiger partial charge in [-0.15, -0.1) is 0 Å². The number of hydrogen-bond donors (Lipinski definition) is 1. The molecule has 0 aliphatic carbocycles. The topological polar surface area (TPSA) is 51.2 Å². The fourth-order valence-corrected chi connectivity index (χ4v) is 2.04. The van der Waals surface area contributed by atoms with Crippen molar-refractivity contribution in [3.63, 3.8) is 0 Å². The van der Waals surface area contributed by atoms with Crippen LogP contribution in [-0.2, 0) is 6.42 Å². The largest absolute Gasteiger partial charge is 0.493 e. The minimum atomic E-state index is -0.190. The average molecular weight is 270 g/mol. The third-order valence-electron chi connectivity index (χ3n) is 2.98. The van der Waals surface area contributed by atoms with Crippen LogP contribution in [0.15, 0.2) is 42.6 Å². The molecular formula is C16H18N2O2. The van der Waals surface area contributed by atoms with Crippen molar-refractivity contribution in [1.82, 2.24) is 4.98 Å². The number of hydrogen-bond acceptors (Lipinski definition) is 3. The van der Waals surface area contributed by atoms with Crippen molar-refractivity contribution in [3.8, 4) is 5.75 Å². The summed E-state index contributed by atoms with van der Waals surface area (Å²) >= 11 is 0. The zero-order valence-electron chi connectivity index (χ0n) is 11.7. The van der Waals surface area contributed by atoms with Gasteiger partial charge in [0.2, 0.25) is 0 Å². The molecule has 2 aromatic rings. The second-order valence-electron chi connectivity index (χ2n) is 4.42. The van der Waals surface area contributed by atoms with Crippen molar-refractivity contribution in [3.05, 3.63) is 53.7 Å². The van der Waals surface area contributed by atoms with Gasteiger partial charge in [-0.1, -0.05) is 31.5 Å². The Morgan fingerprint density at radius 3 is 2.65 bits per heavy atom. The first kappa shape index (κ1) is 14.1. The first-order valence-electron chi connectivity index (χ1n) is 6.64. The highest BCUT2D eigenvalue weighted by Crippen LogP contribution is 2.27. The van der Waals surface area contributed by atoms with Crippen molar-refractivity contribution < 1.29 is 9.53 Å². The van der Waals surface area contributed by atoms with Gasteiger partial charge in [0.1, 0.15) is 0 Å². The van der Waals surface area contributed by atoms with Crippen molar-refractivity contribution in [2.24, 2.45) is 0 Å². The fourth-order valence-electron chi connectivity index (χ4n) is 2.04. The molecule has 0 saturated carbocycles. The van der Waals surface area contributed by atoms with E-state index in [2.05, 4.69) is 17.2 Å². The Hall–Kier alpha value is -2.36. The van der Waals surface area contributed by atoms with E-state index in [0.717, 1.165) is 18.4 Å². The minimum Gasteiger partial charge on any atom is -0.493 e. The molecule has 4 heteroatoms. The zero-order valence-corrected chi connectivity index (χ0v) is 11.7. The van der Waals surface area contributed by atoms with Crippen LogP contribution in [0.2, 0.25) is 0 Å². The lowest BCUT2D eigenvalue weighted by Gasteiger charge is -2.12. The van der Waals surface area contributed by atoms with Crippen LogP contribution < -0.4 is 10.1 Å². The average Bonchev–Trinajstić information content (AvgIpc) is 2.49. The summed E-state index contributed by atoms with van der Waals surface area (Å²) in [6, 6.07) is 11.0. The number of anilines is 1. The zero-order chi connectivity index (χ0) is 14.4. The first-order chi connectivity index (χ1) is 9.76. The predicted octanol–water partition coefficient (Wildman–Crippen LogP) is 3.30. The molecule has 0 fully saturated rings. The van der Waals surface area contributed by atoms with Gasteiger partial charge in [0.15, 0.2) is 11.6 Å². The van der Waals surface area contributed by atoms with E-state index in [-0.39, 0.29) is 5.91 Å². The molecule has 2 rings (SSSR count). The van der Waals surface area contributed by atoms with Gasteiger partial charge in [-0.3, -0.25) is 4.79 Å². The van der Waals surface area contributed by atoms with Crippen LogP contribution >= 0.6 is 0 Å². The van der Waals surface area contributed by atoms with Crippen LogP contribution in [0.3, 0.4) is 0 Å². The molecule has 20 heavy (non-hydrogen) atoms. The summed E-state index contributed by atoms with van der Waals surface area (Å²) in [5.74, 6) is 0.913. The molecule has 104 valence electrons. The molecule has 1 N–H and O–H groups in total. The maximum atomic E-state index is 12.1. The Morgan fingerprint density at radius 2 is 2.00 bits per heavy atom. The van der Waals surface area contributed by atoms with E-state index in [0.29, 0.717) is 17.1 Å². The number of aryl methyl sites for hydroxylation is 1. The van der Waals surface area contributed by atoms with Gasteiger partial charge in [-0.2, -0.15) is 0 Å². The van der Waals surface area contributed by atoms with E-state index in [4.69, 9.17) is 4.74 Å². The molecule has 1 amide bonds. The Labute approximate surface area is 118 Å². The SMILES string of the molecule is CCCc1ccnc(NC(=O)c2ccccc2)c1OC. The lowest BCUT2D eigenvalue weighted by atomic mass is 10.1. The maximum Gasteiger partial charge on any atom is 0.256 e. The van der Waals surface area contributed by atoms with Crippen LogP contribution in [0.1, 0.15) is 29.3 Å². The van der Waals surface area contributed by atoms with E-state index in [1.54, 1.807) is 25.4 Å². The molecule has 0 aliphatic heterocycles. The second kappa shape index (κ2) is 6.70. The summed E-state index contributed by atoms with van der Waals surface area (Å²) in [7, 11) is 1.59. The number of nitrogens with zero attached hydrogens (tertiary/aromatic N) is 1.